The molecule has 8 nitrogen and oxygen atoms in total. The normalized spacial score (nSPS) is 15.2. The van der Waals surface area contributed by atoms with E-state index in [1.54, 1.807) is 4.68 Å². The molecule has 0 bridgehead atoms. The number of anilines is 1. The molecule has 1 heterocycles. The third-order valence-corrected chi connectivity index (χ3v) is 4.27. The van der Waals surface area contributed by atoms with Gasteiger partial charge < -0.3 is 16.4 Å². The lowest BCUT2D eigenvalue weighted by Gasteiger charge is -2.21. The van der Waals surface area contributed by atoms with Gasteiger partial charge in [0.2, 0.25) is 11.9 Å². The lowest BCUT2D eigenvalue weighted by Crippen LogP contribution is -2.48. The molecule has 1 aliphatic carbocycles. The number of amides is 1. The Morgan fingerprint density at radius 3 is 2.58 bits per heavy atom. The number of nitrogens with two attached hydrogens (primary N) is 1. The maximum atomic E-state index is 12.5. The molecule has 0 saturated heterocycles. The summed E-state index contributed by atoms with van der Waals surface area (Å²) < 4.78 is 1.58. The molecule has 1 saturated carbocycles. The van der Waals surface area contributed by atoms with Crippen LogP contribution in [0.25, 0.3) is 5.69 Å². The zero-order valence-corrected chi connectivity index (χ0v) is 16.2. The van der Waals surface area contributed by atoms with E-state index in [-0.39, 0.29) is 36.8 Å². The van der Waals surface area contributed by atoms with Crippen LogP contribution in [0.1, 0.15) is 26.2 Å². The van der Waals surface area contributed by atoms with E-state index in [9.17, 15) is 4.79 Å². The molecule has 0 radical (unpaired) electrons. The van der Waals surface area contributed by atoms with Gasteiger partial charge >= 0.3 is 0 Å². The third-order valence-electron chi connectivity index (χ3n) is 4.27. The number of halogens is 2. The molecule has 1 amide bonds. The molecule has 3 rings (SSSR count). The molecule has 0 spiro atoms. The van der Waals surface area contributed by atoms with E-state index in [0.29, 0.717) is 24.8 Å². The Kier molecular flexibility index (Phi) is 8.77. The van der Waals surface area contributed by atoms with Crippen molar-refractivity contribution >= 4 is 36.7 Å². The minimum absolute atomic E-state index is 0. The van der Waals surface area contributed by atoms with Gasteiger partial charge in [0.15, 0.2) is 0 Å². The first-order chi connectivity index (χ1) is 11.7. The van der Waals surface area contributed by atoms with Crippen molar-refractivity contribution in [2.45, 2.75) is 38.3 Å². The number of nitrogens with zero attached hydrogens (tertiary/aromatic N) is 4. The summed E-state index contributed by atoms with van der Waals surface area (Å²) in [7, 11) is 0. The Labute approximate surface area is 165 Å². The Hall–Kier alpha value is -1.90. The maximum Gasteiger partial charge on any atom is 0.248 e. The van der Waals surface area contributed by atoms with Gasteiger partial charge in [-0.1, -0.05) is 30.2 Å². The van der Waals surface area contributed by atoms with E-state index in [1.807, 2.05) is 37.3 Å². The van der Waals surface area contributed by atoms with Gasteiger partial charge in [0, 0.05) is 12.6 Å². The van der Waals surface area contributed by atoms with Gasteiger partial charge in [-0.15, -0.1) is 24.8 Å². The van der Waals surface area contributed by atoms with Crippen molar-refractivity contribution in [2.75, 3.05) is 11.9 Å². The highest BCUT2D eigenvalue weighted by molar-refractivity contribution is 5.85. The highest BCUT2D eigenvalue weighted by Gasteiger charge is 2.32. The number of carbonyl (C=O) groups is 1. The first kappa shape index (κ1) is 22.1. The number of aromatic nitrogens is 4. The van der Waals surface area contributed by atoms with Gasteiger partial charge in [-0.3, -0.25) is 4.79 Å². The molecule has 1 aliphatic rings. The summed E-state index contributed by atoms with van der Waals surface area (Å²) >= 11 is 0. The largest absolute Gasteiger partial charge is 0.350 e. The van der Waals surface area contributed by atoms with E-state index in [0.717, 1.165) is 18.5 Å². The number of tetrazole rings is 1. The van der Waals surface area contributed by atoms with E-state index in [2.05, 4.69) is 26.2 Å². The average Bonchev–Trinajstić information content (AvgIpc) is 3.36. The van der Waals surface area contributed by atoms with Crippen LogP contribution in [0.4, 0.5) is 5.95 Å². The second kappa shape index (κ2) is 10.3. The number of hydrogen-bond acceptors (Lipinski definition) is 6. The van der Waals surface area contributed by atoms with Crippen LogP contribution in [-0.2, 0) is 4.79 Å². The fraction of sp³-hybridized carbons (Fsp3) is 0.500. The molecule has 2 aromatic rings. The molecule has 4 N–H and O–H groups in total. The summed E-state index contributed by atoms with van der Waals surface area (Å²) in [5, 5.41) is 17.9. The van der Waals surface area contributed by atoms with Crippen LogP contribution in [0.3, 0.4) is 0 Å². The van der Waals surface area contributed by atoms with Gasteiger partial charge in [0.25, 0.3) is 0 Å². The molecule has 1 aromatic carbocycles. The van der Waals surface area contributed by atoms with Crippen molar-refractivity contribution in [1.29, 1.82) is 0 Å². The van der Waals surface area contributed by atoms with Crippen LogP contribution in [0, 0.1) is 5.92 Å². The first-order valence-electron chi connectivity index (χ1n) is 8.33. The summed E-state index contributed by atoms with van der Waals surface area (Å²) in [5.74, 6) is 0.896. The van der Waals surface area contributed by atoms with Crippen molar-refractivity contribution in [1.82, 2.24) is 25.5 Å². The zero-order chi connectivity index (χ0) is 16.9. The average molecular weight is 402 g/mol. The third kappa shape index (κ3) is 5.30. The summed E-state index contributed by atoms with van der Waals surface area (Å²) in [6.45, 7) is 2.41. The topological polar surface area (TPSA) is 111 Å². The zero-order valence-electron chi connectivity index (χ0n) is 14.5. The Balaban J connectivity index is 0.00000169. The molecular weight excluding hydrogens is 377 g/mol. The smallest absolute Gasteiger partial charge is 0.248 e. The van der Waals surface area contributed by atoms with Crippen molar-refractivity contribution in [3.8, 4) is 5.69 Å². The van der Waals surface area contributed by atoms with Crippen LogP contribution >= 0.6 is 24.8 Å². The lowest BCUT2D eigenvalue weighted by molar-refractivity contribution is -0.122. The first-order valence-corrected chi connectivity index (χ1v) is 8.33. The van der Waals surface area contributed by atoms with E-state index < -0.39 is 6.04 Å². The van der Waals surface area contributed by atoms with E-state index in [4.69, 9.17) is 5.73 Å². The SMILES string of the molecule is CCC(Nc1nnnn1-c1ccccc1)C(=O)NC(CN)C1CC1.Cl.Cl. The van der Waals surface area contributed by atoms with Crippen molar-refractivity contribution in [3.63, 3.8) is 0 Å². The second-order valence-corrected chi connectivity index (χ2v) is 6.04. The molecule has 26 heavy (non-hydrogen) atoms. The Morgan fingerprint density at radius 2 is 2.00 bits per heavy atom. The van der Waals surface area contributed by atoms with Crippen LogP contribution in [-0.4, -0.2) is 44.7 Å². The molecule has 1 aromatic heterocycles. The monoisotopic (exact) mass is 401 g/mol. The van der Waals surface area contributed by atoms with Crippen molar-refractivity contribution < 1.29 is 4.79 Å². The molecule has 144 valence electrons. The maximum absolute atomic E-state index is 12.5. The highest BCUT2D eigenvalue weighted by Crippen LogP contribution is 2.32. The van der Waals surface area contributed by atoms with E-state index >= 15 is 0 Å². The second-order valence-electron chi connectivity index (χ2n) is 6.04. The van der Waals surface area contributed by atoms with E-state index in [1.165, 1.54) is 0 Å². The quantitative estimate of drug-likeness (QED) is 0.618. The Morgan fingerprint density at radius 1 is 1.31 bits per heavy atom. The van der Waals surface area contributed by atoms with Crippen LogP contribution in [0.15, 0.2) is 30.3 Å². The lowest BCUT2D eigenvalue weighted by atomic mass is 10.1. The molecule has 10 heteroatoms. The van der Waals surface area contributed by atoms with Gasteiger partial charge in [-0.25, -0.2) is 0 Å². The van der Waals surface area contributed by atoms with Crippen LogP contribution < -0.4 is 16.4 Å². The Bertz CT molecular complexity index is 678. The predicted octanol–water partition coefficient (Wildman–Crippen LogP) is 1.55. The van der Waals surface area contributed by atoms with Gasteiger partial charge in [-0.2, -0.15) is 4.68 Å². The molecule has 0 aliphatic heterocycles. The summed E-state index contributed by atoms with van der Waals surface area (Å²) in [4.78, 5) is 12.5. The summed E-state index contributed by atoms with van der Waals surface area (Å²) in [6, 6.07) is 9.19. The fourth-order valence-electron chi connectivity index (χ4n) is 2.68. The fourth-order valence-corrected chi connectivity index (χ4v) is 2.68. The van der Waals surface area contributed by atoms with Gasteiger partial charge in [-0.05, 0) is 47.7 Å². The minimum atomic E-state index is -0.411. The number of rotatable bonds is 8. The molecule has 2 atom stereocenters. The van der Waals surface area contributed by atoms with Crippen molar-refractivity contribution in [2.24, 2.45) is 11.7 Å². The van der Waals surface area contributed by atoms with Gasteiger partial charge in [0.05, 0.1) is 5.69 Å². The standard InChI is InChI=1S/C16H23N7O.2ClH/c1-2-13(15(24)18-14(10-17)11-8-9-11)19-16-20-21-22-23(16)12-6-4-3-5-7-12;;/h3-7,11,13-14H,2,8-10,17H2,1H3,(H,18,24)(H,19,20,22);2*1H. The minimum Gasteiger partial charge on any atom is -0.350 e. The number of carbonyl (C=O) groups excluding carboxylic acids is 1. The summed E-state index contributed by atoms with van der Waals surface area (Å²) in [6.07, 6.45) is 2.90. The van der Waals surface area contributed by atoms with Gasteiger partial charge in [0.1, 0.15) is 6.04 Å². The van der Waals surface area contributed by atoms with Crippen molar-refractivity contribution in [3.05, 3.63) is 30.3 Å². The number of hydrogen-bond donors (Lipinski definition) is 3. The van der Waals surface area contributed by atoms with Crippen LogP contribution in [0.2, 0.25) is 0 Å². The number of benzene rings is 1. The highest BCUT2D eigenvalue weighted by atomic mass is 35.5. The summed E-state index contributed by atoms with van der Waals surface area (Å²) in [5.41, 5.74) is 6.60. The molecule has 1 fully saturated rings. The molecular formula is C16H25Cl2N7O. The molecule has 2 unspecified atom stereocenters. The number of nitrogens with one attached hydrogen (secondary N) is 2. The predicted molar refractivity (Wildman–Crippen MR) is 105 cm³/mol. The van der Waals surface area contributed by atoms with Crippen LogP contribution in [0.5, 0.6) is 0 Å². The number of para-hydroxylation sites is 1.